The lowest BCUT2D eigenvalue weighted by Crippen LogP contribution is -2.45. The van der Waals surface area contributed by atoms with E-state index in [0.717, 1.165) is 131 Å². The number of amides is 1. The van der Waals surface area contributed by atoms with Crippen molar-refractivity contribution < 1.29 is 14.3 Å². The molecule has 5 aliphatic rings. The van der Waals surface area contributed by atoms with Crippen LogP contribution in [0.1, 0.15) is 97.8 Å². The third-order valence-corrected chi connectivity index (χ3v) is 19.3. The molecule has 1 N–H and O–H groups in total. The number of benzene rings is 3. The minimum Gasteiger partial charge on any atom is -0.450 e. The molecule has 0 bridgehead atoms. The first kappa shape index (κ1) is 54.3. The van der Waals surface area contributed by atoms with Crippen molar-refractivity contribution in [1.82, 2.24) is 30.1 Å². The molecular weight excluding hydrogens is 1370 g/mol. The van der Waals surface area contributed by atoms with Gasteiger partial charge in [-0.2, -0.15) is 0 Å². The van der Waals surface area contributed by atoms with E-state index in [1.54, 1.807) is 23.2 Å². The Morgan fingerprint density at radius 3 is 1.75 bits per heavy atom. The zero-order valence-electron chi connectivity index (χ0n) is 39.0. The number of piperazine rings is 1. The first-order chi connectivity index (χ1) is 34.7. The van der Waals surface area contributed by atoms with Gasteiger partial charge in [0.15, 0.2) is 0 Å². The monoisotopic (exact) mass is 1410 g/mol. The van der Waals surface area contributed by atoms with Crippen LogP contribution in [-0.2, 0) is 43.3 Å². The Bertz CT molecular complexity index is 3120. The summed E-state index contributed by atoms with van der Waals surface area (Å²) in [6, 6.07) is 18.3. The van der Waals surface area contributed by atoms with Crippen molar-refractivity contribution in [3.63, 3.8) is 0 Å². The van der Waals surface area contributed by atoms with Crippen LogP contribution in [0.2, 0.25) is 15.1 Å². The number of carbonyl (C=O) groups excluding carboxylic acids is 2. The summed E-state index contributed by atoms with van der Waals surface area (Å²) in [4.78, 5) is 42.9. The van der Waals surface area contributed by atoms with Crippen LogP contribution in [0.3, 0.4) is 0 Å². The molecule has 2 aliphatic heterocycles. The van der Waals surface area contributed by atoms with Crippen molar-refractivity contribution in [1.29, 1.82) is 0 Å². The summed E-state index contributed by atoms with van der Waals surface area (Å²) in [6.45, 7) is 7.66. The number of fused-ring (bicyclic) bond motifs is 6. The van der Waals surface area contributed by atoms with Crippen molar-refractivity contribution in [3.05, 3.63) is 188 Å². The lowest BCUT2D eigenvalue weighted by Gasteiger charge is -2.36. The van der Waals surface area contributed by atoms with Crippen LogP contribution in [0.25, 0.3) is 5.57 Å². The molecule has 0 saturated carbocycles. The summed E-state index contributed by atoms with van der Waals surface area (Å²) < 4.78 is 10.9. The van der Waals surface area contributed by atoms with E-state index in [0.29, 0.717) is 36.0 Å². The number of nitrogens with zero attached hydrogens (tertiary/aromatic N) is 5. The fraction of sp³-hybridized carbons (Fsp3) is 0.315. The quantitative estimate of drug-likeness (QED) is 0.183. The fourth-order valence-electron chi connectivity index (χ4n) is 10.2. The maximum atomic E-state index is 12.6. The number of piperidine rings is 1. The molecule has 0 spiro atoms. The Hall–Kier alpha value is -2.54. The maximum Gasteiger partial charge on any atom is 0.409 e. The molecule has 1 amide bonds. The van der Waals surface area contributed by atoms with Gasteiger partial charge in [-0.3, -0.25) is 24.6 Å². The van der Waals surface area contributed by atoms with Crippen molar-refractivity contribution in [2.45, 2.75) is 64.3 Å². The van der Waals surface area contributed by atoms with E-state index >= 15 is 0 Å². The van der Waals surface area contributed by atoms with Gasteiger partial charge in [0.25, 0.3) is 0 Å². The molecule has 2 fully saturated rings. The molecule has 9 nitrogen and oxygen atoms in total. The van der Waals surface area contributed by atoms with E-state index in [9.17, 15) is 9.59 Å². The molecule has 374 valence electrons. The van der Waals surface area contributed by atoms with E-state index in [1.807, 2.05) is 37.5 Å². The predicted molar refractivity (Wildman–Crippen MR) is 309 cm³/mol. The van der Waals surface area contributed by atoms with Crippen LogP contribution in [0.4, 0.5) is 4.79 Å². The number of carbonyl (C=O) groups is 2. The fourth-order valence-corrected chi connectivity index (χ4v) is 13.5. The van der Waals surface area contributed by atoms with E-state index in [1.165, 1.54) is 50.2 Å². The number of nitrogens with one attached hydrogen (secondary N) is 1. The third-order valence-electron chi connectivity index (χ3n) is 13.7. The summed E-state index contributed by atoms with van der Waals surface area (Å²) in [5.74, 6) is -0.0348. The number of likely N-dealkylation sites (tertiary alicyclic amines) is 1. The first-order valence-corrected chi connectivity index (χ1v) is 29.6. The van der Waals surface area contributed by atoms with Crippen LogP contribution in [0.5, 0.6) is 0 Å². The normalized spacial score (nSPS) is 17.2. The number of aromatic nitrogens is 3. The van der Waals surface area contributed by atoms with Gasteiger partial charge in [-0.05, 0) is 241 Å². The van der Waals surface area contributed by atoms with Crippen LogP contribution in [-0.4, -0.2) is 82.5 Å². The van der Waals surface area contributed by atoms with E-state index < -0.39 is 0 Å². The number of aryl methyl sites for hydroxylation is 3. The standard InChI is InChI=1S/C22H21Br2ClN2O2.C18H18Br2ClN3.C14H8Br2ClNO/c1-2-29-22(28)27-9-7-13(8-10-27)19-16-5-6-18(25)20(24)17(16)4-3-14-11-15(23)12-26-21(14)19;19-12-9-11-1-2-13-14(3-4-15(21)16(13)20)18(17(11)23-10-12)24-7-5-22-6-8-24;15-8-5-7-1-2-9-10(3-4-11(17)12(9)16)14(19)13(7)18-6-8/h5-6,11-12H,2-4,7-10H2,1H3;3-4,9-10,18,22H,1-2,5-8H2;3-6H,1-2H2. The number of ether oxygens (including phenoxy) is 1. The number of hydrogen-bond donors (Lipinski definition) is 1. The molecule has 5 heterocycles. The molecule has 0 radical (unpaired) electrons. The zero-order valence-corrected chi connectivity index (χ0v) is 50.8. The SMILES string of the molecule is CCOC(=O)N1CCC(=C2c3ccc(Cl)c(Br)c3CCc3cc(Br)cnc32)CC1.Clc1ccc2c(c1Br)CCc1cc(Br)cnc1C2N1CCNCC1.O=C1c2ccc(Cl)c(Br)c2CCc2cc(Br)cnc21. The smallest absolute Gasteiger partial charge is 0.409 e. The zero-order chi connectivity index (χ0) is 50.8. The van der Waals surface area contributed by atoms with Gasteiger partial charge in [-0.15, -0.1) is 0 Å². The minimum absolute atomic E-state index is 0.0348. The van der Waals surface area contributed by atoms with Crippen LogP contribution in [0.15, 0.2) is 106 Å². The summed E-state index contributed by atoms with van der Waals surface area (Å²) in [6.07, 6.45) is 12.1. The molecular formula is C54H47Br6Cl3N6O3. The molecule has 2 saturated heterocycles. The highest BCUT2D eigenvalue weighted by Gasteiger charge is 2.33. The molecule has 11 rings (SSSR count). The molecule has 72 heavy (non-hydrogen) atoms. The van der Waals surface area contributed by atoms with Gasteiger partial charge in [0, 0.05) is 95.8 Å². The van der Waals surface area contributed by atoms with Gasteiger partial charge < -0.3 is 15.0 Å². The van der Waals surface area contributed by atoms with Crippen molar-refractivity contribution in [3.8, 4) is 0 Å². The van der Waals surface area contributed by atoms with Crippen molar-refractivity contribution in [2.24, 2.45) is 0 Å². The van der Waals surface area contributed by atoms with Crippen LogP contribution >= 0.6 is 130 Å². The Balaban J connectivity index is 0.000000136. The number of hydrogen-bond acceptors (Lipinski definition) is 8. The molecule has 3 aliphatic carbocycles. The highest BCUT2D eigenvalue weighted by molar-refractivity contribution is 9.11. The minimum atomic E-state index is -0.227. The van der Waals surface area contributed by atoms with Gasteiger partial charge in [-0.1, -0.05) is 52.5 Å². The second-order valence-electron chi connectivity index (χ2n) is 17.9. The van der Waals surface area contributed by atoms with E-state index in [-0.39, 0.29) is 17.9 Å². The summed E-state index contributed by atoms with van der Waals surface area (Å²) in [7, 11) is 0. The predicted octanol–water partition coefficient (Wildman–Crippen LogP) is 15.4. The third kappa shape index (κ3) is 11.7. The Kier molecular flexibility index (Phi) is 18.2. The Labute approximate surface area is 485 Å². The van der Waals surface area contributed by atoms with Gasteiger partial charge in [0.2, 0.25) is 5.78 Å². The Morgan fingerprint density at radius 1 is 0.625 bits per heavy atom. The molecule has 3 aromatic carbocycles. The van der Waals surface area contributed by atoms with Gasteiger partial charge in [0.05, 0.1) is 39.1 Å². The molecule has 1 unspecified atom stereocenters. The maximum absolute atomic E-state index is 12.6. The van der Waals surface area contributed by atoms with Crippen molar-refractivity contribution >= 4 is 148 Å². The molecule has 3 aromatic heterocycles. The Morgan fingerprint density at radius 2 is 1.12 bits per heavy atom. The molecule has 1 atom stereocenters. The number of pyridine rings is 3. The summed E-state index contributed by atoms with van der Waals surface area (Å²) >= 11 is 40.3. The van der Waals surface area contributed by atoms with Crippen LogP contribution < -0.4 is 5.32 Å². The lowest BCUT2D eigenvalue weighted by atomic mass is 9.88. The second-order valence-corrected chi connectivity index (χ2v) is 24.3. The molecule has 6 aromatic rings. The van der Waals surface area contributed by atoms with E-state index in [4.69, 9.17) is 49.5 Å². The number of ketones is 1. The lowest BCUT2D eigenvalue weighted by molar-refractivity contribution is 0.103. The highest BCUT2D eigenvalue weighted by Crippen LogP contribution is 2.44. The summed E-state index contributed by atoms with van der Waals surface area (Å²) in [5.41, 5.74) is 15.5. The number of halogens is 9. The molecule has 18 heteroatoms. The van der Waals surface area contributed by atoms with Crippen LogP contribution in [0, 0.1) is 0 Å². The van der Waals surface area contributed by atoms with Crippen molar-refractivity contribution in [2.75, 3.05) is 45.9 Å². The highest BCUT2D eigenvalue weighted by atomic mass is 79.9. The van der Waals surface area contributed by atoms with Gasteiger partial charge in [-0.25, -0.2) is 4.79 Å². The second kappa shape index (κ2) is 24.2. The summed E-state index contributed by atoms with van der Waals surface area (Å²) in [5, 5.41) is 5.59. The van der Waals surface area contributed by atoms with Gasteiger partial charge in [0.1, 0.15) is 5.69 Å². The average molecular weight is 1410 g/mol. The first-order valence-electron chi connectivity index (χ1n) is 23.7. The average Bonchev–Trinajstić information content (AvgIpc) is 3.72. The van der Waals surface area contributed by atoms with Gasteiger partial charge >= 0.3 is 6.09 Å². The topological polar surface area (TPSA) is 101 Å². The van der Waals surface area contributed by atoms with E-state index in [2.05, 4.69) is 135 Å². The largest absolute Gasteiger partial charge is 0.450 e. The number of rotatable bonds is 2.